The number of nitrogens with one attached hydrogen (secondary N) is 1. The molecule has 88 valence electrons. The Bertz CT molecular complexity index is 206. The lowest BCUT2D eigenvalue weighted by molar-refractivity contribution is 0.0283. The van der Waals surface area contributed by atoms with Crippen LogP contribution in [0.3, 0.4) is 0 Å². The van der Waals surface area contributed by atoms with E-state index in [2.05, 4.69) is 17.4 Å². The van der Waals surface area contributed by atoms with Crippen LogP contribution in [-0.2, 0) is 4.74 Å². The molecular weight excluding hydrogens is 190 g/mol. The van der Waals surface area contributed by atoms with Crippen molar-refractivity contribution in [3.8, 4) is 0 Å². The van der Waals surface area contributed by atoms with E-state index in [1.54, 1.807) is 0 Å². The highest BCUT2D eigenvalue weighted by atomic mass is 16.5. The predicted molar refractivity (Wildman–Crippen MR) is 60.4 cm³/mol. The maximum absolute atomic E-state index is 5.91. The Kier molecular flexibility index (Phi) is 3.61. The van der Waals surface area contributed by atoms with Crippen LogP contribution >= 0.6 is 0 Å². The van der Waals surface area contributed by atoms with Crippen molar-refractivity contribution in [1.29, 1.82) is 0 Å². The maximum Gasteiger partial charge on any atom is 0.0754 e. The van der Waals surface area contributed by atoms with E-state index in [9.17, 15) is 0 Å². The van der Waals surface area contributed by atoms with Gasteiger partial charge in [0.1, 0.15) is 0 Å². The number of nitrogens with two attached hydrogens (primary N) is 1. The Hall–Kier alpha value is -0.160. The number of hydrazine groups is 1. The van der Waals surface area contributed by atoms with Crippen LogP contribution in [0.1, 0.15) is 32.6 Å². The molecule has 2 saturated heterocycles. The number of rotatable bonds is 3. The van der Waals surface area contributed by atoms with Gasteiger partial charge in [-0.25, -0.2) is 10.4 Å². The van der Waals surface area contributed by atoms with Gasteiger partial charge in [-0.3, -0.25) is 0 Å². The molecule has 2 unspecified atom stereocenters. The van der Waals surface area contributed by atoms with E-state index in [1.165, 1.54) is 19.3 Å². The van der Waals surface area contributed by atoms with Crippen molar-refractivity contribution < 1.29 is 4.74 Å². The highest BCUT2D eigenvalue weighted by molar-refractivity contribution is 4.98. The van der Waals surface area contributed by atoms with Crippen LogP contribution < -0.4 is 11.2 Å². The molecule has 15 heavy (non-hydrogen) atoms. The molecule has 0 aromatic heterocycles. The lowest BCUT2D eigenvalue weighted by Crippen LogP contribution is -2.62. The first-order valence-corrected chi connectivity index (χ1v) is 6.11. The Morgan fingerprint density at radius 3 is 2.67 bits per heavy atom. The summed E-state index contributed by atoms with van der Waals surface area (Å²) in [6, 6.07) is 0. The second-order valence-corrected chi connectivity index (χ2v) is 4.78. The second-order valence-electron chi connectivity index (χ2n) is 4.78. The Labute approximate surface area is 92.1 Å². The SMILES string of the molecule is CC1OCCC1(CN)NN1CCCCC1. The van der Waals surface area contributed by atoms with Crippen molar-refractivity contribution in [3.63, 3.8) is 0 Å². The van der Waals surface area contributed by atoms with E-state index >= 15 is 0 Å². The van der Waals surface area contributed by atoms with E-state index in [-0.39, 0.29) is 11.6 Å². The summed E-state index contributed by atoms with van der Waals surface area (Å²) in [4.78, 5) is 0. The van der Waals surface area contributed by atoms with Gasteiger partial charge in [0.2, 0.25) is 0 Å². The Balaban J connectivity index is 1.94. The van der Waals surface area contributed by atoms with Crippen LogP contribution in [0.15, 0.2) is 0 Å². The molecule has 2 fully saturated rings. The van der Waals surface area contributed by atoms with Gasteiger partial charge in [0, 0.05) is 26.2 Å². The minimum Gasteiger partial charge on any atom is -0.376 e. The molecule has 0 aliphatic carbocycles. The molecule has 0 amide bonds. The van der Waals surface area contributed by atoms with E-state index < -0.39 is 0 Å². The third-order valence-corrected chi connectivity index (χ3v) is 3.80. The molecule has 2 aliphatic heterocycles. The molecule has 2 aliphatic rings. The van der Waals surface area contributed by atoms with E-state index in [4.69, 9.17) is 10.5 Å². The maximum atomic E-state index is 5.91. The molecule has 2 heterocycles. The van der Waals surface area contributed by atoms with Gasteiger partial charge in [-0.15, -0.1) is 0 Å². The standard InChI is InChI=1S/C11H23N3O/c1-10-11(9-12,5-8-15-10)13-14-6-3-2-4-7-14/h10,13H,2-9,12H2,1H3. The summed E-state index contributed by atoms with van der Waals surface area (Å²) in [6.07, 6.45) is 5.21. The topological polar surface area (TPSA) is 50.5 Å². The molecule has 4 nitrogen and oxygen atoms in total. The van der Waals surface area contributed by atoms with E-state index in [1.807, 2.05) is 0 Å². The van der Waals surface area contributed by atoms with Gasteiger partial charge in [-0.2, -0.15) is 0 Å². The van der Waals surface area contributed by atoms with Crippen LogP contribution in [0.2, 0.25) is 0 Å². The third-order valence-electron chi connectivity index (χ3n) is 3.80. The molecule has 0 aromatic rings. The summed E-state index contributed by atoms with van der Waals surface area (Å²) < 4.78 is 5.63. The second kappa shape index (κ2) is 4.78. The fourth-order valence-electron chi connectivity index (χ4n) is 2.56. The summed E-state index contributed by atoms with van der Waals surface area (Å²) in [5.74, 6) is 0. The molecule has 0 saturated carbocycles. The zero-order valence-corrected chi connectivity index (χ0v) is 9.67. The highest BCUT2D eigenvalue weighted by Gasteiger charge is 2.41. The van der Waals surface area contributed by atoms with E-state index in [0.717, 1.165) is 26.1 Å². The summed E-state index contributed by atoms with van der Waals surface area (Å²) in [5, 5.41) is 2.33. The van der Waals surface area contributed by atoms with Crippen LogP contribution in [0.4, 0.5) is 0 Å². The van der Waals surface area contributed by atoms with Gasteiger partial charge in [0.05, 0.1) is 11.6 Å². The minimum absolute atomic E-state index is 0.0165. The van der Waals surface area contributed by atoms with Gasteiger partial charge in [-0.05, 0) is 26.2 Å². The van der Waals surface area contributed by atoms with Gasteiger partial charge >= 0.3 is 0 Å². The molecule has 0 spiro atoms. The molecule has 0 radical (unpaired) electrons. The predicted octanol–water partition coefficient (Wildman–Crippen LogP) is 0.483. The van der Waals surface area contributed by atoms with Crippen molar-refractivity contribution >= 4 is 0 Å². The average molecular weight is 213 g/mol. The molecule has 3 N–H and O–H groups in total. The average Bonchev–Trinajstić information content (AvgIpc) is 2.62. The number of hydrogen-bond acceptors (Lipinski definition) is 4. The summed E-state index contributed by atoms with van der Waals surface area (Å²) in [6.45, 7) is 5.91. The van der Waals surface area contributed by atoms with Crippen molar-refractivity contribution in [1.82, 2.24) is 10.4 Å². The van der Waals surface area contributed by atoms with Crippen LogP contribution in [0.25, 0.3) is 0 Å². The van der Waals surface area contributed by atoms with Crippen LogP contribution in [0, 0.1) is 0 Å². The smallest absolute Gasteiger partial charge is 0.0754 e. The minimum atomic E-state index is -0.0165. The quantitative estimate of drug-likeness (QED) is 0.716. The molecule has 2 atom stereocenters. The number of nitrogens with zero attached hydrogens (tertiary/aromatic N) is 1. The lowest BCUT2D eigenvalue weighted by Gasteiger charge is -2.39. The van der Waals surface area contributed by atoms with Crippen LogP contribution in [-0.4, -0.2) is 42.9 Å². The van der Waals surface area contributed by atoms with Gasteiger partial charge in [0.25, 0.3) is 0 Å². The first kappa shape index (κ1) is 11.3. The fourth-order valence-corrected chi connectivity index (χ4v) is 2.56. The number of ether oxygens (including phenoxy) is 1. The van der Waals surface area contributed by atoms with E-state index in [0.29, 0.717) is 6.54 Å². The van der Waals surface area contributed by atoms with Crippen molar-refractivity contribution in [3.05, 3.63) is 0 Å². The largest absolute Gasteiger partial charge is 0.376 e. The monoisotopic (exact) mass is 213 g/mol. The van der Waals surface area contributed by atoms with Gasteiger partial charge < -0.3 is 10.5 Å². The van der Waals surface area contributed by atoms with Crippen molar-refractivity contribution in [2.24, 2.45) is 5.73 Å². The van der Waals surface area contributed by atoms with Gasteiger partial charge in [-0.1, -0.05) is 6.42 Å². The number of piperidine rings is 1. The normalized spacial score (nSPS) is 38.4. The lowest BCUT2D eigenvalue weighted by atomic mass is 9.93. The zero-order valence-electron chi connectivity index (χ0n) is 9.67. The summed E-state index contributed by atoms with van der Waals surface area (Å²) >= 11 is 0. The Morgan fingerprint density at radius 1 is 1.40 bits per heavy atom. The number of hydrogen-bond donors (Lipinski definition) is 2. The summed E-state index contributed by atoms with van der Waals surface area (Å²) in [5.41, 5.74) is 9.50. The van der Waals surface area contributed by atoms with Crippen molar-refractivity contribution in [2.45, 2.75) is 44.2 Å². The highest BCUT2D eigenvalue weighted by Crippen LogP contribution is 2.25. The molecule has 4 heteroatoms. The fraction of sp³-hybridized carbons (Fsp3) is 1.00. The molecule has 0 bridgehead atoms. The molecular formula is C11H23N3O. The molecule has 2 rings (SSSR count). The molecule has 0 aromatic carbocycles. The zero-order chi connectivity index (χ0) is 10.7. The Morgan fingerprint density at radius 2 is 2.13 bits per heavy atom. The van der Waals surface area contributed by atoms with Crippen LogP contribution in [0.5, 0.6) is 0 Å². The third kappa shape index (κ3) is 2.33. The first-order valence-electron chi connectivity index (χ1n) is 6.11. The summed E-state index contributed by atoms with van der Waals surface area (Å²) in [7, 11) is 0. The first-order chi connectivity index (χ1) is 7.27. The van der Waals surface area contributed by atoms with Crippen molar-refractivity contribution in [2.75, 3.05) is 26.2 Å². The van der Waals surface area contributed by atoms with Gasteiger partial charge in [0.15, 0.2) is 0 Å².